The standard InChI is InChI=1S/C25H20F3N5O2/c26-25(27,28)16-3-1-15(2-4-16)10-12-35-17-5-6-19-18(13-17)21(14-30-19)32-24(34)33-11-9-20-22(33)7-8-23(29)31-20/h1-9,11,13-14,30H,10,12H2,(H2,29,31)(H,32,34). The van der Waals surface area contributed by atoms with Crippen molar-refractivity contribution in [2.75, 3.05) is 17.7 Å². The topological polar surface area (TPSA) is 98.0 Å². The lowest BCUT2D eigenvalue weighted by Gasteiger charge is -2.10. The lowest BCUT2D eigenvalue weighted by Crippen LogP contribution is -2.18. The molecule has 0 aliphatic rings. The van der Waals surface area contributed by atoms with E-state index in [0.29, 0.717) is 34.7 Å². The Morgan fingerprint density at radius 2 is 1.89 bits per heavy atom. The third-order valence-electron chi connectivity index (χ3n) is 5.62. The Morgan fingerprint density at radius 3 is 2.66 bits per heavy atom. The number of nitrogens with two attached hydrogens (primary N) is 1. The van der Waals surface area contributed by atoms with E-state index >= 15 is 0 Å². The average Bonchev–Trinajstić information content (AvgIpc) is 3.42. The first kappa shape index (κ1) is 22.3. The van der Waals surface area contributed by atoms with E-state index in [2.05, 4.69) is 15.3 Å². The Morgan fingerprint density at radius 1 is 1.09 bits per heavy atom. The van der Waals surface area contributed by atoms with E-state index in [-0.39, 0.29) is 12.6 Å². The van der Waals surface area contributed by atoms with Crippen molar-refractivity contribution in [1.82, 2.24) is 14.5 Å². The fourth-order valence-corrected chi connectivity index (χ4v) is 3.83. The number of rotatable bonds is 5. The van der Waals surface area contributed by atoms with Crippen LogP contribution in [0, 0.1) is 0 Å². The fourth-order valence-electron chi connectivity index (χ4n) is 3.83. The smallest absolute Gasteiger partial charge is 0.416 e. The Labute approximate surface area is 197 Å². The number of aromatic nitrogens is 3. The van der Waals surface area contributed by atoms with Gasteiger partial charge in [0.25, 0.3) is 0 Å². The van der Waals surface area contributed by atoms with Gasteiger partial charge in [-0.3, -0.25) is 4.57 Å². The van der Waals surface area contributed by atoms with Gasteiger partial charge in [0.05, 0.1) is 28.9 Å². The van der Waals surface area contributed by atoms with Gasteiger partial charge >= 0.3 is 12.2 Å². The summed E-state index contributed by atoms with van der Waals surface area (Å²) < 4.78 is 45.4. The Bertz CT molecular complexity index is 1520. The number of hydrogen-bond donors (Lipinski definition) is 3. The van der Waals surface area contributed by atoms with E-state index in [9.17, 15) is 18.0 Å². The quantitative estimate of drug-likeness (QED) is 0.296. The van der Waals surface area contributed by atoms with Gasteiger partial charge in [0, 0.05) is 29.7 Å². The summed E-state index contributed by atoms with van der Waals surface area (Å²) in [5.41, 5.74) is 8.39. The van der Waals surface area contributed by atoms with Crippen LogP contribution in [-0.4, -0.2) is 27.2 Å². The summed E-state index contributed by atoms with van der Waals surface area (Å²) in [6.45, 7) is 0.286. The van der Waals surface area contributed by atoms with Crippen LogP contribution in [0.3, 0.4) is 0 Å². The number of amides is 1. The molecule has 3 aromatic heterocycles. The number of alkyl halides is 3. The molecule has 0 unspecified atom stereocenters. The van der Waals surface area contributed by atoms with Crippen LogP contribution in [0.2, 0.25) is 0 Å². The molecule has 10 heteroatoms. The minimum Gasteiger partial charge on any atom is -0.493 e. The highest BCUT2D eigenvalue weighted by atomic mass is 19.4. The molecule has 0 spiro atoms. The molecule has 1 amide bonds. The van der Waals surface area contributed by atoms with E-state index in [0.717, 1.165) is 28.6 Å². The van der Waals surface area contributed by atoms with Gasteiger partial charge in [-0.15, -0.1) is 0 Å². The minimum absolute atomic E-state index is 0.286. The van der Waals surface area contributed by atoms with Crippen LogP contribution < -0.4 is 15.8 Å². The number of hydrogen-bond acceptors (Lipinski definition) is 4. The monoisotopic (exact) mass is 479 g/mol. The second-order valence-corrected chi connectivity index (χ2v) is 7.96. The SMILES string of the molecule is Nc1ccc2c(ccn2C(=O)Nc2c[nH]c3ccc(OCCc4ccc(C(F)(F)F)cc4)cc23)n1. The first-order chi connectivity index (χ1) is 16.8. The van der Waals surface area contributed by atoms with Crippen LogP contribution >= 0.6 is 0 Å². The molecule has 2 aromatic carbocycles. The van der Waals surface area contributed by atoms with Gasteiger partial charge in [-0.25, -0.2) is 9.78 Å². The van der Waals surface area contributed by atoms with E-state index < -0.39 is 11.7 Å². The van der Waals surface area contributed by atoms with E-state index in [1.807, 2.05) is 6.07 Å². The number of H-pyrrole nitrogens is 1. The number of nitrogen functional groups attached to an aromatic ring is 1. The molecule has 0 saturated heterocycles. The van der Waals surface area contributed by atoms with Gasteiger partial charge in [0.2, 0.25) is 0 Å². The summed E-state index contributed by atoms with van der Waals surface area (Å²) in [5.74, 6) is 0.948. The molecule has 0 fully saturated rings. The maximum atomic E-state index is 12.9. The summed E-state index contributed by atoms with van der Waals surface area (Å²) in [4.78, 5) is 20.2. The number of carbonyl (C=O) groups excluding carboxylic acids is 1. The van der Waals surface area contributed by atoms with Crippen molar-refractivity contribution in [2.24, 2.45) is 0 Å². The summed E-state index contributed by atoms with van der Waals surface area (Å²) in [6.07, 6.45) is -0.590. The number of aromatic amines is 1. The van der Waals surface area contributed by atoms with Crippen molar-refractivity contribution >= 4 is 39.5 Å². The maximum Gasteiger partial charge on any atom is 0.416 e. The summed E-state index contributed by atoms with van der Waals surface area (Å²) in [6, 6.07) is 15.1. The lowest BCUT2D eigenvalue weighted by atomic mass is 10.1. The molecule has 5 rings (SSSR count). The van der Waals surface area contributed by atoms with Gasteiger partial charge < -0.3 is 20.8 Å². The van der Waals surface area contributed by atoms with Gasteiger partial charge in [0.1, 0.15) is 11.6 Å². The number of anilines is 2. The zero-order valence-corrected chi connectivity index (χ0v) is 18.3. The van der Waals surface area contributed by atoms with Crippen LogP contribution in [0.25, 0.3) is 21.9 Å². The summed E-state index contributed by atoms with van der Waals surface area (Å²) in [5, 5.41) is 3.64. The van der Waals surface area contributed by atoms with Crippen molar-refractivity contribution in [3.05, 3.63) is 84.2 Å². The molecule has 0 saturated carbocycles. The number of fused-ring (bicyclic) bond motifs is 2. The van der Waals surface area contributed by atoms with Crippen LogP contribution in [0.15, 0.2) is 73.1 Å². The highest BCUT2D eigenvalue weighted by Crippen LogP contribution is 2.30. The zero-order chi connectivity index (χ0) is 24.6. The molecule has 0 aliphatic heterocycles. The van der Waals surface area contributed by atoms with E-state index in [1.54, 1.807) is 42.7 Å². The van der Waals surface area contributed by atoms with Gasteiger partial charge in [0.15, 0.2) is 0 Å². The Hall–Kier alpha value is -4.47. The normalized spacial score (nSPS) is 11.7. The predicted molar refractivity (Wildman–Crippen MR) is 128 cm³/mol. The minimum atomic E-state index is -4.35. The number of halogens is 3. The van der Waals surface area contributed by atoms with Crippen molar-refractivity contribution in [1.29, 1.82) is 0 Å². The first-order valence-electron chi connectivity index (χ1n) is 10.7. The maximum absolute atomic E-state index is 12.9. The number of ether oxygens (including phenoxy) is 1. The molecule has 0 radical (unpaired) electrons. The summed E-state index contributed by atoms with van der Waals surface area (Å²) in [7, 11) is 0. The molecule has 0 aliphatic carbocycles. The second-order valence-electron chi connectivity index (χ2n) is 7.96. The summed E-state index contributed by atoms with van der Waals surface area (Å²) >= 11 is 0. The zero-order valence-electron chi connectivity index (χ0n) is 18.3. The number of nitrogens with one attached hydrogen (secondary N) is 2. The highest BCUT2D eigenvalue weighted by Gasteiger charge is 2.29. The molecule has 0 atom stereocenters. The molecule has 7 nitrogen and oxygen atoms in total. The van der Waals surface area contributed by atoms with Crippen LogP contribution in [0.1, 0.15) is 11.1 Å². The predicted octanol–water partition coefficient (Wildman–Crippen LogP) is 5.82. The van der Waals surface area contributed by atoms with Crippen molar-refractivity contribution in [3.8, 4) is 5.75 Å². The highest BCUT2D eigenvalue weighted by molar-refractivity contribution is 6.04. The molecule has 35 heavy (non-hydrogen) atoms. The lowest BCUT2D eigenvalue weighted by molar-refractivity contribution is -0.137. The number of pyridine rings is 1. The Kier molecular flexibility index (Phi) is 5.56. The average molecular weight is 479 g/mol. The van der Waals surface area contributed by atoms with E-state index in [4.69, 9.17) is 10.5 Å². The number of benzene rings is 2. The molecule has 3 heterocycles. The molecule has 178 valence electrons. The van der Waals surface area contributed by atoms with Crippen molar-refractivity contribution in [2.45, 2.75) is 12.6 Å². The van der Waals surface area contributed by atoms with E-state index in [1.165, 1.54) is 16.7 Å². The molecule has 5 aromatic rings. The number of carbonyl (C=O) groups is 1. The van der Waals surface area contributed by atoms with Crippen molar-refractivity contribution in [3.63, 3.8) is 0 Å². The van der Waals surface area contributed by atoms with Crippen LogP contribution in [0.5, 0.6) is 5.75 Å². The molecular weight excluding hydrogens is 459 g/mol. The fraction of sp³-hybridized carbons (Fsp3) is 0.120. The molecule has 4 N–H and O–H groups in total. The van der Waals surface area contributed by atoms with Gasteiger partial charge in [-0.05, 0) is 54.1 Å². The first-order valence-corrected chi connectivity index (χ1v) is 10.7. The van der Waals surface area contributed by atoms with Crippen molar-refractivity contribution < 1.29 is 22.7 Å². The second kappa shape index (κ2) is 8.71. The van der Waals surface area contributed by atoms with Crippen LogP contribution in [0.4, 0.5) is 29.5 Å². The van der Waals surface area contributed by atoms with Gasteiger partial charge in [-0.2, -0.15) is 13.2 Å². The largest absolute Gasteiger partial charge is 0.493 e. The van der Waals surface area contributed by atoms with Gasteiger partial charge in [-0.1, -0.05) is 12.1 Å². The molecular formula is C25H20F3N5O2. The number of nitrogens with zero attached hydrogens (tertiary/aromatic N) is 2. The third kappa shape index (κ3) is 4.63. The third-order valence-corrected chi connectivity index (χ3v) is 5.62. The molecule has 0 bridgehead atoms. The van der Waals surface area contributed by atoms with Crippen LogP contribution in [-0.2, 0) is 12.6 Å². The Balaban J connectivity index is 1.27.